The maximum atomic E-state index is 6.57. The van der Waals surface area contributed by atoms with E-state index in [1.54, 1.807) is 0 Å². The molecule has 0 saturated carbocycles. The fourth-order valence-corrected chi connectivity index (χ4v) is 9.47. The fraction of sp³-hybridized carbons (Fsp3) is 0.333. The van der Waals surface area contributed by atoms with Gasteiger partial charge in [0.05, 0.1) is 16.2 Å². The summed E-state index contributed by atoms with van der Waals surface area (Å²) in [5, 5.41) is 19.3. The maximum absolute atomic E-state index is 6.57. The molecule has 10 rings (SSSR count). The van der Waals surface area contributed by atoms with Crippen LogP contribution in [0.25, 0.3) is 10.9 Å². The standard InChI is InChI=1S/C51H57ClN12O2/c1-33-5-15-44(41-17-20-53-46(33)41)59-48-34(2)30-55-50(61-48)57-37-6-12-40(13-7-37)66-28-26-64-24-19-35(32-64)29-36-31-56-51(62-49(36)60-45-16-14-43(52)47-42(45)18-21-54-47)58-38-8-10-39(11-9-38)65-27-25-63-22-3-4-23-63/h5-17,20,30-31,35,53-54H,3-4,18-19,21-29,32H2,1-2H3,(H2,55,57,59,61)(H2,56,58,60,62). The second-order valence-electron chi connectivity index (χ2n) is 17.6. The number of likely N-dealkylation sites (tertiary alicyclic amines) is 2. The van der Waals surface area contributed by atoms with Crippen molar-refractivity contribution in [1.82, 2.24) is 34.7 Å². The number of rotatable bonds is 18. The molecule has 0 aliphatic carbocycles. The molecule has 6 N–H and O–H groups in total. The van der Waals surface area contributed by atoms with Crippen molar-refractivity contribution in [3.63, 3.8) is 0 Å². The molecule has 14 nitrogen and oxygen atoms in total. The Labute approximate surface area is 390 Å². The first kappa shape index (κ1) is 43.3. The number of aromatic amines is 1. The molecule has 7 aromatic rings. The topological polar surface area (TPSA) is 152 Å². The second kappa shape index (κ2) is 19.9. The molecule has 6 heterocycles. The largest absolute Gasteiger partial charge is 0.492 e. The van der Waals surface area contributed by atoms with Crippen molar-refractivity contribution in [2.75, 3.05) is 85.6 Å². The quantitative estimate of drug-likeness (QED) is 0.0485. The lowest BCUT2D eigenvalue weighted by molar-refractivity contribution is 0.233. The van der Waals surface area contributed by atoms with E-state index in [4.69, 9.17) is 36.0 Å². The van der Waals surface area contributed by atoms with Gasteiger partial charge >= 0.3 is 0 Å². The highest BCUT2D eigenvalue weighted by molar-refractivity contribution is 6.33. The summed E-state index contributed by atoms with van der Waals surface area (Å²) >= 11 is 6.57. The van der Waals surface area contributed by atoms with Crippen LogP contribution in [0.4, 0.5) is 52.0 Å². The monoisotopic (exact) mass is 904 g/mol. The molecule has 0 bridgehead atoms. The van der Waals surface area contributed by atoms with Crippen molar-refractivity contribution in [3.05, 3.63) is 125 Å². The number of nitrogens with zero attached hydrogens (tertiary/aromatic N) is 6. The van der Waals surface area contributed by atoms with E-state index in [1.165, 1.54) is 37.1 Å². The van der Waals surface area contributed by atoms with Gasteiger partial charge in [-0.2, -0.15) is 9.97 Å². The summed E-state index contributed by atoms with van der Waals surface area (Å²) < 4.78 is 12.3. The smallest absolute Gasteiger partial charge is 0.229 e. The number of fused-ring (bicyclic) bond motifs is 2. The van der Waals surface area contributed by atoms with Crippen LogP contribution in [0.3, 0.4) is 0 Å². The summed E-state index contributed by atoms with van der Waals surface area (Å²) in [6.07, 6.45) is 11.2. The normalized spacial score (nSPS) is 16.0. The Morgan fingerprint density at radius 1 is 0.697 bits per heavy atom. The van der Waals surface area contributed by atoms with Crippen LogP contribution in [0.5, 0.6) is 11.5 Å². The van der Waals surface area contributed by atoms with E-state index in [1.807, 2.05) is 80.1 Å². The molecule has 3 aromatic heterocycles. The van der Waals surface area contributed by atoms with Crippen LogP contribution in [0.15, 0.2) is 97.5 Å². The van der Waals surface area contributed by atoms with Crippen LogP contribution in [-0.2, 0) is 12.8 Å². The van der Waals surface area contributed by atoms with Gasteiger partial charge in [0.1, 0.15) is 36.3 Å². The number of anilines is 9. The fourth-order valence-electron chi connectivity index (χ4n) is 9.23. The Morgan fingerprint density at radius 3 is 2.11 bits per heavy atom. The molecule has 3 aliphatic heterocycles. The van der Waals surface area contributed by atoms with Crippen LogP contribution in [-0.4, -0.2) is 93.7 Å². The molecule has 4 aromatic carbocycles. The molecule has 2 saturated heterocycles. The molecule has 0 spiro atoms. The zero-order valence-electron chi connectivity index (χ0n) is 37.6. The molecule has 2 fully saturated rings. The third kappa shape index (κ3) is 10.3. The van der Waals surface area contributed by atoms with Gasteiger partial charge in [-0.3, -0.25) is 9.80 Å². The molecule has 3 aliphatic rings. The zero-order chi connectivity index (χ0) is 44.8. The number of ether oxygens (including phenoxy) is 2. The van der Waals surface area contributed by atoms with E-state index in [9.17, 15) is 0 Å². The van der Waals surface area contributed by atoms with Gasteiger partial charge in [-0.05, 0) is 150 Å². The average molecular weight is 906 g/mol. The van der Waals surface area contributed by atoms with Crippen LogP contribution < -0.4 is 36.1 Å². The van der Waals surface area contributed by atoms with Crippen molar-refractivity contribution in [1.29, 1.82) is 0 Å². The highest BCUT2D eigenvalue weighted by atomic mass is 35.5. The van der Waals surface area contributed by atoms with Gasteiger partial charge in [0.2, 0.25) is 11.9 Å². The molecule has 15 heteroatoms. The average Bonchev–Trinajstić information content (AvgIpc) is 4.19. The van der Waals surface area contributed by atoms with Gasteiger partial charge in [-0.1, -0.05) is 17.7 Å². The minimum Gasteiger partial charge on any atom is -0.492 e. The second-order valence-corrected chi connectivity index (χ2v) is 18.0. The Hall–Kier alpha value is -6.61. The molecular weight excluding hydrogens is 848 g/mol. The summed E-state index contributed by atoms with van der Waals surface area (Å²) in [7, 11) is 0. The summed E-state index contributed by atoms with van der Waals surface area (Å²) in [6, 6.07) is 26.2. The van der Waals surface area contributed by atoms with E-state index in [0.29, 0.717) is 31.0 Å². The molecule has 1 unspecified atom stereocenters. The lowest BCUT2D eigenvalue weighted by Crippen LogP contribution is -2.26. The number of aryl methyl sites for hydroxylation is 2. The van der Waals surface area contributed by atoms with Crippen molar-refractivity contribution in [3.8, 4) is 11.5 Å². The minimum atomic E-state index is 0.458. The first-order valence-corrected chi connectivity index (χ1v) is 23.5. The predicted molar refractivity (Wildman–Crippen MR) is 266 cm³/mol. The maximum Gasteiger partial charge on any atom is 0.229 e. The van der Waals surface area contributed by atoms with Crippen molar-refractivity contribution in [2.45, 2.75) is 46.0 Å². The first-order chi connectivity index (χ1) is 32.4. The number of hydrogen-bond donors (Lipinski definition) is 6. The van der Waals surface area contributed by atoms with Gasteiger partial charge in [0.25, 0.3) is 0 Å². The van der Waals surface area contributed by atoms with E-state index in [2.05, 4.69) is 77.5 Å². The van der Waals surface area contributed by atoms with E-state index < -0.39 is 0 Å². The Balaban J connectivity index is 0.732. The number of benzene rings is 4. The number of aromatic nitrogens is 5. The Kier molecular flexibility index (Phi) is 13.0. The van der Waals surface area contributed by atoms with E-state index in [0.717, 1.165) is 131 Å². The third-order valence-corrected chi connectivity index (χ3v) is 13.2. The van der Waals surface area contributed by atoms with Crippen molar-refractivity contribution < 1.29 is 9.47 Å². The van der Waals surface area contributed by atoms with E-state index >= 15 is 0 Å². The van der Waals surface area contributed by atoms with Gasteiger partial charge in [-0.25, -0.2) is 9.97 Å². The van der Waals surface area contributed by atoms with Crippen molar-refractivity contribution in [2.24, 2.45) is 5.92 Å². The van der Waals surface area contributed by atoms with Crippen LogP contribution in [0, 0.1) is 19.8 Å². The van der Waals surface area contributed by atoms with Gasteiger partial charge in [0, 0.05) is 89.6 Å². The molecule has 0 amide bonds. The van der Waals surface area contributed by atoms with E-state index in [-0.39, 0.29) is 0 Å². The summed E-state index contributed by atoms with van der Waals surface area (Å²) in [5.74, 6) is 4.74. The lowest BCUT2D eigenvalue weighted by Gasteiger charge is -2.19. The number of hydrogen-bond acceptors (Lipinski definition) is 13. The Bertz CT molecular complexity index is 2780. The Morgan fingerprint density at radius 2 is 1.36 bits per heavy atom. The molecule has 1 atom stereocenters. The van der Waals surface area contributed by atoms with Gasteiger partial charge in [0.15, 0.2) is 0 Å². The van der Waals surface area contributed by atoms with Gasteiger partial charge < -0.3 is 41.0 Å². The first-order valence-electron chi connectivity index (χ1n) is 23.2. The highest BCUT2D eigenvalue weighted by Crippen LogP contribution is 2.38. The third-order valence-electron chi connectivity index (χ3n) is 12.9. The SMILES string of the molecule is Cc1cnc(Nc2ccc(OCCN3CCC(Cc4cnc(Nc5ccc(OCCN6CCCC6)cc5)nc4Nc4ccc(Cl)c5c4CCN5)C3)cc2)nc1Nc1ccc(C)c2[nH]ccc12. The highest BCUT2D eigenvalue weighted by Gasteiger charge is 2.25. The number of nitrogens with one attached hydrogen (secondary N) is 6. The summed E-state index contributed by atoms with van der Waals surface area (Å²) in [4.78, 5) is 27.5. The minimum absolute atomic E-state index is 0.458. The molecule has 66 heavy (non-hydrogen) atoms. The zero-order valence-corrected chi connectivity index (χ0v) is 38.3. The molecule has 0 radical (unpaired) electrons. The lowest BCUT2D eigenvalue weighted by atomic mass is 10.00. The van der Waals surface area contributed by atoms with Crippen molar-refractivity contribution >= 4 is 74.5 Å². The summed E-state index contributed by atoms with van der Waals surface area (Å²) in [6.45, 7) is 12.4. The number of H-pyrrole nitrogens is 1. The van der Waals surface area contributed by atoms with Crippen LogP contribution >= 0.6 is 11.6 Å². The van der Waals surface area contributed by atoms with Crippen LogP contribution in [0.1, 0.15) is 41.5 Å². The van der Waals surface area contributed by atoms with Crippen LogP contribution in [0.2, 0.25) is 5.02 Å². The summed E-state index contributed by atoms with van der Waals surface area (Å²) in [5.41, 5.74) is 10.3. The molecule has 340 valence electrons. The van der Waals surface area contributed by atoms with Gasteiger partial charge in [-0.15, -0.1) is 0 Å². The molecular formula is C51H57ClN12O2. The number of halogens is 1. The predicted octanol–water partition coefficient (Wildman–Crippen LogP) is 10.4.